The van der Waals surface area contributed by atoms with E-state index in [0.717, 1.165) is 25.2 Å². The number of nitrogens with two attached hydrogens (primary N) is 1. The fourth-order valence-electron chi connectivity index (χ4n) is 1.48. The van der Waals surface area contributed by atoms with Crippen LogP contribution in [0.5, 0.6) is 0 Å². The lowest BCUT2D eigenvalue weighted by molar-refractivity contribution is 0.625. The molecule has 0 radical (unpaired) electrons. The Morgan fingerprint density at radius 1 is 1.33 bits per heavy atom. The zero-order valence-corrected chi connectivity index (χ0v) is 9.41. The molecule has 0 aliphatic rings. The summed E-state index contributed by atoms with van der Waals surface area (Å²) >= 11 is 0. The molecule has 1 aromatic carbocycles. The number of anilines is 1. The molecule has 0 heterocycles. The zero-order valence-electron chi connectivity index (χ0n) is 9.41. The molecular weight excluding hydrogens is 191 g/mol. The van der Waals surface area contributed by atoms with E-state index in [1.54, 1.807) is 12.1 Å². The van der Waals surface area contributed by atoms with E-state index >= 15 is 0 Å². The van der Waals surface area contributed by atoms with E-state index in [-0.39, 0.29) is 11.9 Å². The fourth-order valence-corrected chi connectivity index (χ4v) is 1.48. The first-order valence-electron chi connectivity index (χ1n) is 5.39. The standard InChI is InChI=1S/C12H19FN2/c1-3-15(9-8-10(2)14)12-6-4-11(13)5-7-12/h4-7,10H,3,8-9,14H2,1-2H3. The predicted molar refractivity (Wildman–Crippen MR) is 62.6 cm³/mol. The molecule has 1 atom stereocenters. The van der Waals surface area contributed by atoms with E-state index in [9.17, 15) is 4.39 Å². The lowest BCUT2D eigenvalue weighted by atomic mass is 10.2. The molecule has 2 nitrogen and oxygen atoms in total. The largest absolute Gasteiger partial charge is 0.372 e. The molecule has 0 saturated heterocycles. The van der Waals surface area contributed by atoms with Gasteiger partial charge in [0.25, 0.3) is 0 Å². The minimum absolute atomic E-state index is 0.193. The molecule has 1 unspecified atom stereocenters. The van der Waals surface area contributed by atoms with Gasteiger partial charge in [0.15, 0.2) is 0 Å². The van der Waals surface area contributed by atoms with Crippen molar-refractivity contribution in [3.63, 3.8) is 0 Å². The Bertz CT molecular complexity index is 282. The second kappa shape index (κ2) is 5.71. The van der Waals surface area contributed by atoms with Crippen molar-refractivity contribution >= 4 is 5.69 Å². The molecule has 0 spiro atoms. The van der Waals surface area contributed by atoms with Crippen LogP contribution in [0.1, 0.15) is 20.3 Å². The SMILES string of the molecule is CCN(CCC(C)N)c1ccc(F)cc1. The highest BCUT2D eigenvalue weighted by molar-refractivity contribution is 5.45. The summed E-state index contributed by atoms with van der Waals surface area (Å²) < 4.78 is 12.7. The summed E-state index contributed by atoms with van der Waals surface area (Å²) in [5, 5.41) is 0. The summed E-state index contributed by atoms with van der Waals surface area (Å²) in [5.41, 5.74) is 6.77. The number of halogens is 1. The van der Waals surface area contributed by atoms with Crippen molar-refractivity contribution < 1.29 is 4.39 Å². The van der Waals surface area contributed by atoms with Crippen molar-refractivity contribution in [2.24, 2.45) is 5.73 Å². The molecule has 0 fully saturated rings. The summed E-state index contributed by atoms with van der Waals surface area (Å²) in [5.74, 6) is -0.193. The molecule has 15 heavy (non-hydrogen) atoms. The Kier molecular flexibility index (Phi) is 4.56. The first-order valence-corrected chi connectivity index (χ1v) is 5.39. The average Bonchev–Trinajstić information content (AvgIpc) is 2.21. The van der Waals surface area contributed by atoms with Crippen molar-refractivity contribution in [2.75, 3.05) is 18.0 Å². The van der Waals surface area contributed by atoms with Gasteiger partial charge < -0.3 is 10.6 Å². The second-order valence-corrected chi connectivity index (χ2v) is 3.82. The molecule has 0 aliphatic heterocycles. The van der Waals surface area contributed by atoms with Gasteiger partial charge in [-0.05, 0) is 44.5 Å². The Labute approximate surface area is 90.9 Å². The van der Waals surface area contributed by atoms with Gasteiger partial charge in [-0.25, -0.2) is 4.39 Å². The molecule has 2 N–H and O–H groups in total. The molecule has 0 bridgehead atoms. The summed E-state index contributed by atoms with van der Waals surface area (Å²) in [4.78, 5) is 2.20. The molecule has 0 amide bonds. The number of hydrogen-bond donors (Lipinski definition) is 1. The molecule has 3 heteroatoms. The summed E-state index contributed by atoms with van der Waals surface area (Å²) in [6, 6.07) is 6.80. The van der Waals surface area contributed by atoms with Crippen molar-refractivity contribution in [1.82, 2.24) is 0 Å². The predicted octanol–water partition coefficient (Wildman–Crippen LogP) is 2.39. The molecule has 0 saturated carbocycles. The average molecular weight is 210 g/mol. The van der Waals surface area contributed by atoms with Gasteiger partial charge in [-0.15, -0.1) is 0 Å². The maximum absolute atomic E-state index is 12.7. The van der Waals surface area contributed by atoms with Crippen LogP contribution in [-0.4, -0.2) is 19.1 Å². The van der Waals surface area contributed by atoms with Gasteiger partial charge in [-0.3, -0.25) is 0 Å². The van der Waals surface area contributed by atoms with Gasteiger partial charge in [0.1, 0.15) is 5.82 Å². The van der Waals surface area contributed by atoms with E-state index in [1.165, 1.54) is 12.1 Å². The Balaban J connectivity index is 2.61. The van der Waals surface area contributed by atoms with Gasteiger partial charge >= 0.3 is 0 Å². The highest BCUT2D eigenvalue weighted by atomic mass is 19.1. The van der Waals surface area contributed by atoms with E-state index in [2.05, 4.69) is 11.8 Å². The third-order valence-electron chi connectivity index (χ3n) is 2.43. The first kappa shape index (κ1) is 12.0. The molecule has 0 aromatic heterocycles. The highest BCUT2D eigenvalue weighted by Gasteiger charge is 2.05. The maximum Gasteiger partial charge on any atom is 0.123 e. The number of nitrogens with zero attached hydrogens (tertiary/aromatic N) is 1. The monoisotopic (exact) mass is 210 g/mol. The molecule has 1 rings (SSSR count). The quantitative estimate of drug-likeness (QED) is 0.808. The zero-order chi connectivity index (χ0) is 11.3. The Morgan fingerprint density at radius 2 is 1.93 bits per heavy atom. The van der Waals surface area contributed by atoms with Gasteiger partial charge in [-0.2, -0.15) is 0 Å². The molecule has 1 aromatic rings. The molecular formula is C12H19FN2. The van der Waals surface area contributed by atoms with Crippen LogP contribution in [0, 0.1) is 5.82 Å². The van der Waals surface area contributed by atoms with Crippen molar-refractivity contribution in [1.29, 1.82) is 0 Å². The first-order chi connectivity index (χ1) is 7.13. The summed E-state index contributed by atoms with van der Waals surface area (Å²) in [6.07, 6.45) is 0.950. The molecule has 0 aliphatic carbocycles. The third-order valence-corrected chi connectivity index (χ3v) is 2.43. The van der Waals surface area contributed by atoms with Crippen LogP contribution < -0.4 is 10.6 Å². The van der Waals surface area contributed by atoms with Crippen LogP contribution in [0.15, 0.2) is 24.3 Å². The van der Waals surface area contributed by atoms with Crippen LogP contribution in [-0.2, 0) is 0 Å². The van der Waals surface area contributed by atoms with E-state index in [1.807, 2.05) is 6.92 Å². The van der Waals surface area contributed by atoms with Crippen LogP contribution in [0.2, 0.25) is 0 Å². The van der Waals surface area contributed by atoms with E-state index < -0.39 is 0 Å². The van der Waals surface area contributed by atoms with Gasteiger partial charge in [-0.1, -0.05) is 0 Å². The van der Waals surface area contributed by atoms with Crippen LogP contribution in [0.25, 0.3) is 0 Å². The second-order valence-electron chi connectivity index (χ2n) is 3.82. The number of hydrogen-bond acceptors (Lipinski definition) is 2. The maximum atomic E-state index is 12.7. The van der Waals surface area contributed by atoms with Crippen LogP contribution in [0.3, 0.4) is 0 Å². The Hall–Kier alpha value is -1.09. The minimum atomic E-state index is -0.193. The normalized spacial score (nSPS) is 12.5. The minimum Gasteiger partial charge on any atom is -0.372 e. The number of rotatable bonds is 5. The van der Waals surface area contributed by atoms with Crippen molar-refractivity contribution in [2.45, 2.75) is 26.3 Å². The summed E-state index contributed by atoms with van der Waals surface area (Å²) in [7, 11) is 0. The van der Waals surface area contributed by atoms with Crippen molar-refractivity contribution in [3.8, 4) is 0 Å². The van der Waals surface area contributed by atoms with Gasteiger partial charge in [0.2, 0.25) is 0 Å². The molecule has 84 valence electrons. The lowest BCUT2D eigenvalue weighted by Gasteiger charge is -2.23. The highest BCUT2D eigenvalue weighted by Crippen LogP contribution is 2.14. The van der Waals surface area contributed by atoms with E-state index in [0.29, 0.717) is 0 Å². The summed E-state index contributed by atoms with van der Waals surface area (Å²) in [6.45, 7) is 5.92. The van der Waals surface area contributed by atoms with Crippen LogP contribution in [0.4, 0.5) is 10.1 Å². The third kappa shape index (κ3) is 3.88. The number of benzene rings is 1. The lowest BCUT2D eigenvalue weighted by Crippen LogP contribution is -2.28. The van der Waals surface area contributed by atoms with E-state index in [4.69, 9.17) is 5.73 Å². The van der Waals surface area contributed by atoms with Gasteiger partial charge in [0.05, 0.1) is 0 Å². The van der Waals surface area contributed by atoms with Crippen LogP contribution >= 0.6 is 0 Å². The fraction of sp³-hybridized carbons (Fsp3) is 0.500. The topological polar surface area (TPSA) is 29.3 Å². The van der Waals surface area contributed by atoms with Gasteiger partial charge in [0, 0.05) is 24.8 Å². The van der Waals surface area contributed by atoms with Crippen molar-refractivity contribution in [3.05, 3.63) is 30.1 Å². The Morgan fingerprint density at radius 3 is 2.40 bits per heavy atom. The smallest absolute Gasteiger partial charge is 0.123 e.